The van der Waals surface area contributed by atoms with Crippen molar-refractivity contribution in [3.05, 3.63) is 24.0 Å². The maximum Gasteiger partial charge on any atom is 0.254 e. The molecule has 1 amide bonds. The molecule has 6 heteroatoms. The van der Waals surface area contributed by atoms with Gasteiger partial charge in [0.1, 0.15) is 17.7 Å². The van der Waals surface area contributed by atoms with Gasteiger partial charge in [-0.3, -0.25) is 4.79 Å². The van der Waals surface area contributed by atoms with Crippen molar-refractivity contribution in [2.24, 2.45) is 0 Å². The second-order valence-electron chi connectivity index (χ2n) is 4.28. The number of carbonyl (C=O) groups is 1. The van der Waals surface area contributed by atoms with Crippen LogP contribution in [-0.2, 0) is 9.53 Å². The summed E-state index contributed by atoms with van der Waals surface area (Å²) in [6.45, 7) is 1.73. The molecule has 1 aliphatic rings. The number of hydrogen-bond acceptors (Lipinski definition) is 4. The zero-order chi connectivity index (χ0) is 13.1. The highest BCUT2D eigenvalue weighted by atomic mass is 19.1. The number of aromatic hydroxyl groups is 1. The van der Waals surface area contributed by atoms with Gasteiger partial charge in [0.2, 0.25) is 0 Å². The summed E-state index contributed by atoms with van der Waals surface area (Å²) in [5.74, 6) is -1.24. The van der Waals surface area contributed by atoms with Gasteiger partial charge in [-0.2, -0.15) is 0 Å². The molecular weight excluding hydrogens is 239 g/mol. The number of benzene rings is 1. The van der Waals surface area contributed by atoms with Crippen LogP contribution in [0.1, 0.15) is 0 Å². The van der Waals surface area contributed by atoms with Crippen LogP contribution in [0.5, 0.6) is 5.75 Å². The monoisotopic (exact) mass is 254 g/mol. The highest BCUT2D eigenvalue weighted by molar-refractivity contribution is 5.94. The van der Waals surface area contributed by atoms with Crippen molar-refractivity contribution in [3.63, 3.8) is 0 Å². The molecule has 98 valence electrons. The summed E-state index contributed by atoms with van der Waals surface area (Å²) in [5.41, 5.74) is 0.0367. The number of rotatable bonds is 2. The normalized spacial score (nSPS) is 20.7. The second-order valence-corrected chi connectivity index (χ2v) is 4.28. The van der Waals surface area contributed by atoms with Crippen molar-refractivity contribution in [2.75, 3.05) is 32.1 Å². The summed E-state index contributed by atoms with van der Waals surface area (Å²) >= 11 is 0. The Morgan fingerprint density at radius 2 is 2.39 bits per heavy atom. The van der Waals surface area contributed by atoms with E-state index in [1.807, 2.05) is 11.9 Å². The lowest BCUT2D eigenvalue weighted by Gasteiger charge is -2.29. The molecule has 1 unspecified atom stereocenters. The lowest BCUT2D eigenvalue weighted by atomic mass is 10.2. The van der Waals surface area contributed by atoms with Crippen molar-refractivity contribution in [2.45, 2.75) is 6.10 Å². The number of likely N-dealkylation sites (N-methyl/N-ethyl adjacent to an activating group) is 1. The van der Waals surface area contributed by atoms with Crippen LogP contribution >= 0.6 is 0 Å². The Bertz CT molecular complexity index is 453. The first-order chi connectivity index (χ1) is 8.56. The molecule has 2 rings (SSSR count). The number of hydrogen-bond donors (Lipinski definition) is 2. The smallest absolute Gasteiger partial charge is 0.254 e. The number of carbonyl (C=O) groups excluding carboxylic acids is 1. The first kappa shape index (κ1) is 12.8. The number of ether oxygens (including phenoxy) is 1. The average molecular weight is 254 g/mol. The molecule has 1 atom stereocenters. The van der Waals surface area contributed by atoms with Gasteiger partial charge in [-0.15, -0.1) is 0 Å². The van der Waals surface area contributed by atoms with E-state index in [0.717, 1.165) is 12.6 Å². The van der Waals surface area contributed by atoms with E-state index in [-0.39, 0.29) is 17.3 Å². The number of halogens is 1. The number of anilines is 1. The lowest BCUT2D eigenvalue weighted by molar-refractivity contribution is -0.132. The van der Waals surface area contributed by atoms with Crippen LogP contribution in [0.4, 0.5) is 10.1 Å². The maximum absolute atomic E-state index is 13.4. The highest BCUT2D eigenvalue weighted by Gasteiger charge is 2.25. The molecule has 0 radical (unpaired) electrons. The molecule has 1 aliphatic heterocycles. The van der Waals surface area contributed by atoms with Crippen molar-refractivity contribution in [3.8, 4) is 5.75 Å². The summed E-state index contributed by atoms with van der Waals surface area (Å²) in [7, 11) is 1.89. The van der Waals surface area contributed by atoms with Gasteiger partial charge in [0, 0.05) is 19.2 Å². The van der Waals surface area contributed by atoms with Crippen molar-refractivity contribution >= 4 is 11.6 Å². The quantitative estimate of drug-likeness (QED) is 0.766. The molecule has 0 aliphatic carbocycles. The van der Waals surface area contributed by atoms with E-state index in [1.54, 1.807) is 0 Å². The van der Waals surface area contributed by atoms with E-state index in [9.17, 15) is 9.18 Å². The minimum absolute atomic E-state index is 0.0367. The highest BCUT2D eigenvalue weighted by Crippen LogP contribution is 2.20. The first-order valence-electron chi connectivity index (χ1n) is 5.66. The molecule has 1 aromatic carbocycles. The summed E-state index contributed by atoms with van der Waals surface area (Å²) in [6.07, 6.45) is -0.600. The Balaban J connectivity index is 2.02. The van der Waals surface area contributed by atoms with Crippen LogP contribution in [0.2, 0.25) is 0 Å². The summed E-state index contributed by atoms with van der Waals surface area (Å²) in [4.78, 5) is 13.8. The number of nitrogens with zero attached hydrogens (tertiary/aromatic N) is 1. The third-order valence-electron chi connectivity index (χ3n) is 2.77. The molecule has 2 N–H and O–H groups in total. The summed E-state index contributed by atoms with van der Waals surface area (Å²) in [5, 5.41) is 11.5. The van der Waals surface area contributed by atoms with E-state index >= 15 is 0 Å². The molecule has 0 bridgehead atoms. The van der Waals surface area contributed by atoms with E-state index < -0.39 is 11.9 Å². The molecule has 18 heavy (non-hydrogen) atoms. The van der Waals surface area contributed by atoms with Gasteiger partial charge in [-0.05, 0) is 19.2 Å². The van der Waals surface area contributed by atoms with Crippen LogP contribution < -0.4 is 5.32 Å². The number of phenolic OH excluding ortho intramolecular Hbond substituents is 1. The Morgan fingerprint density at radius 3 is 3.06 bits per heavy atom. The summed E-state index contributed by atoms with van der Waals surface area (Å²) < 4.78 is 18.7. The third-order valence-corrected chi connectivity index (χ3v) is 2.77. The molecule has 1 fully saturated rings. The topological polar surface area (TPSA) is 61.8 Å². The van der Waals surface area contributed by atoms with Gasteiger partial charge >= 0.3 is 0 Å². The molecular formula is C12H15FN2O3. The van der Waals surface area contributed by atoms with Gasteiger partial charge in [0.05, 0.1) is 12.3 Å². The lowest BCUT2D eigenvalue weighted by Crippen LogP contribution is -2.46. The minimum atomic E-state index is -0.674. The predicted octanol–water partition coefficient (Wildman–Crippen LogP) is 0.800. The van der Waals surface area contributed by atoms with Crippen molar-refractivity contribution < 1.29 is 19.0 Å². The molecule has 1 aromatic rings. The standard InChI is InChI=1S/C12H15FN2O3/c1-15-4-5-18-11(7-15)12(17)14-10-3-2-8(16)6-9(10)13/h2-3,6,11,16H,4-5,7H2,1H3,(H,14,17). The average Bonchev–Trinajstić information content (AvgIpc) is 2.32. The molecule has 1 heterocycles. The van der Waals surface area contributed by atoms with Gasteiger partial charge in [-0.25, -0.2) is 4.39 Å². The summed E-state index contributed by atoms with van der Waals surface area (Å²) in [6, 6.07) is 3.57. The first-order valence-corrected chi connectivity index (χ1v) is 5.66. The molecule has 0 saturated carbocycles. The zero-order valence-electron chi connectivity index (χ0n) is 10.0. The van der Waals surface area contributed by atoms with Crippen LogP contribution in [0.25, 0.3) is 0 Å². The second kappa shape index (κ2) is 5.32. The maximum atomic E-state index is 13.4. The fourth-order valence-electron chi connectivity index (χ4n) is 1.76. The Hall–Kier alpha value is -1.66. The number of amides is 1. The molecule has 1 saturated heterocycles. The van der Waals surface area contributed by atoms with Gasteiger partial charge < -0.3 is 20.1 Å². The van der Waals surface area contributed by atoms with Crippen LogP contribution in [-0.4, -0.2) is 48.8 Å². The third kappa shape index (κ3) is 2.96. The van der Waals surface area contributed by atoms with Crippen LogP contribution in [0, 0.1) is 5.82 Å². The fourth-order valence-corrected chi connectivity index (χ4v) is 1.76. The number of phenols is 1. The van der Waals surface area contributed by atoms with Crippen LogP contribution in [0.15, 0.2) is 18.2 Å². The number of nitrogens with one attached hydrogen (secondary N) is 1. The van der Waals surface area contributed by atoms with Gasteiger partial charge in [-0.1, -0.05) is 0 Å². The molecule has 5 nitrogen and oxygen atoms in total. The predicted molar refractivity (Wildman–Crippen MR) is 63.9 cm³/mol. The van der Waals surface area contributed by atoms with Crippen molar-refractivity contribution in [1.29, 1.82) is 0 Å². The van der Waals surface area contributed by atoms with E-state index in [2.05, 4.69) is 5.32 Å². The van der Waals surface area contributed by atoms with E-state index in [4.69, 9.17) is 9.84 Å². The van der Waals surface area contributed by atoms with Crippen LogP contribution in [0.3, 0.4) is 0 Å². The molecule has 0 spiro atoms. The Kier molecular flexibility index (Phi) is 3.78. The van der Waals surface area contributed by atoms with Gasteiger partial charge in [0.25, 0.3) is 5.91 Å². The van der Waals surface area contributed by atoms with Crippen molar-refractivity contribution in [1.82, 2.24) is 4.90 Å². The Labute approximate surface area is 104 Å². The minimum Gasteiger partial charge on any atom is -0.508 e. The Morgan fingerprint density at radius 1 is 1.61 bits per heavy atom. The van der Waals surface area contributed by atoms with E-state index in [0.29, 0.717) is 13.2 Å². The van der Waals surface area contributed by atoms with E-state index in [1.165, 1.54) is 12.1 Å². The van der Waals surface area contributed by atoms with Gasteiger partial charge in [0.15, 0.2) is 0 Å². The molecule has 0 aromatic heterocycles. The SMILES string of the molecule is CN1CCOC(C(=O)Nc2ccc(O)cc2F)C1. The number of morpholine rings is 1. The largest absolute Gasteiger partial charge is 0.508 e. The fraction of sp³-hybridized carbons (Fsp3) is 0.417. The zero-order valence-corrected chi connectivity index (χ0v) is 10.0.